The molecule has 0 aromatic heterocycles. The highest BCUT2D eigenvalue weighted by molar-refractivity contribution is 7.89. The van der Waals surface area contributed by atoms with Gasteiger partial charge in [-0.15, -0.1) is 0 Å². The van der Waals surface area contributed by atoms with Crippen LogP contribution in [0.15, 0.2) is 17.0 Å². The molecule has 2 saturated carbocycles. The van der Waals surface area contributed by atoms with E-state index >= 15 is 0 Å². The van der Waals surface area contributed by atoms with Crippen LogP contribution in [-0.4, -0.2) is 14.5 Å². The van der Waals surface area contributed by atoms with E-state index in [0.717, 1.165) is 25.7 Å². The molecule has 0 spiro atoms. The van der Waals surface area contributed by atoms with Crippen molar-refractivity contribution in [2.24, 2.45) is 11.8 Å². The summed E-state index contributed by atoms with van der Waals surface area (Å²) in [6.45, 7) is 1.78. The van der Waals surface area contributed by atoms with Crippen molar-refractivity contribution < 1.29 is 8.42 Å². The molecule has 6 heteroatoms. The molecule has 0 bridgehead atoms. The Morgan fingerprint density at radius 1 is 1.25 bits per heavy atom. The number of rotatable bonds is 5. The van der Waals surface area contributed by atoms with Gasteiger partial charge in [0.25, 0.3) is 0 Å². The first kappa shape index (κ1) is 14.2. The van der Waals surface area contributed by atoms with Crippen molar-refractivity contribution in [2.75, 3.05) is 5.73 Å². The van der Waals surface area contributed by atoms with E-state index < -0.39 is 10.0 Å². The predicted molar refractivity (Wildman–Crippen MR) is 80.2 cm³/mol. The van der Waals surface area contributed by atoms with E-state index in [-0.39, 0.29) is 10.9 Å². The van der Waals surface area contributed by atoms with Crippen LogP contribution in [-0.2, 0) is 10.0 Å². The summed E-state index contributed by atoms with van der Waals surface area (Å²) >= 11 is 6.04. The van der Waals surface area contributed by atoms with Gasteiger partial charge in [0.05, 0.1) is 4.90 Å². The second-order valence-electron chi connectivity index (χ2n) is 5.94. The summed E-state index contributed by atoms with van der Waals surface area (Å²) in [7, 11) is -3.55. The van der Waals surface area contributed by atoms with Gasteiger partial charge in [-0.05, 0) is 62.1 Å². The molecule has 2 fully saturated rings. The molecule has 1 aromatic carbocycles. The number of nitrogens with two attached hydrogens (primary N) is 1. The van der Waals surface area contributed by atoms with Gasteiger partial charge in [0, 0.05) is 16.8 Å². The van der Waals surface area contributed by atoms with Gasteiger partial charge in [0.1, 0.15) is 0 Å². The quantitative estimate of drug-likeness (QED) is 0.821. The number of benzene rings is 1. The first-order chi connectivity index (χ1) is 9.38. The highest BCUT2D eigenvalue weighted by atomic mass is 35.5. The van der Waals surface area contributed by atoms with Gasteiger partial charge < -0.3 is 5.73 Å². The fourth-order valence-corrected chi connectivity index (χ4v) is 4.29. The highest BCUT2D eigenvalue weighted by Gasteiger charge is 2.43. The lowest BCUT2D eigenvalue weighted by Crippen LogP contribution is -2.38. The summed E-state index contributed by atoms with van der Waals surface area (Å²) in [6, 6.07) is 3.05. The fraction of sp³-hybridized carbons (Fsp3) is 0.571. The van der Waals surface area contributed by atoms with E-state index in [0.29, 0.717) is 28.1 Å². The largest absolute Gasteiger partial charge is 0.398 e. The lowest BCUT2D eigenvalue weighted by molar-refractivity contribution is 0.471. The number of sulfonamides is 1. The van der Waals surface area contributed by atoms with Crippen LogP contribution in [0.2, 0.25) is 5.02 Å². The molecular weight excluding hydrogens is 296 g/mol. The Bertz CT molecular complexity index is 602. The zero-order valence-electron chi connectivity index (χ0n) is 11.4. The van der Waals surface area contributed by atoms with Gasteiger partial charge >= 0.3 is 0 Å². The van der Waals surface area contributed by atoms with Gasteiger partial charge in [0.15, 0.2) is 0 Å². The zero-order valence-corrected chi connectivity index (χ0v) is 13.0. The second kappa shape index (κ2) is 4.90. The van der Waals surface area contributed by atoms with E-state index in [9.17, 15) is 8.42 Å². The van der Waals surface area contributed by atoms with Crippen molar-refractivity contribution in [1.29, 1.82) is 0 Å². The van der Waals surface area contributed by atoms with Crippen LogP contribution in [0.3, 0.4) is 0 Å². The molecule has 4 nitrogen and oxygen atoms in total. The number of nitrogen functional groups attached to an aromatic ring is 1. The minimum atomic E-state index is -3.55. The minimum absolute atomic E-state index is 0.0845. The van der Waals surface area contributed by atoms with Crippen LogP contribution >= 0.6 is 11.6 Å². The molecule has 3 N–H and O–H groups in total. The molecule has 0 heterocycles. The summed E-state index contributed by atoms with van der Waals surface area (Å²) in [5.74, 6) is 1.02. The summed E-state index contributed by atoms with van der Waals surface area (Å²) in [5.41, 5.74) is 6.94. The average molecular weight is 315 g/mol. The van der Waals surface area contributed by atoms with E-state index in [1.54, 1.807) is 6.92 Å². The Labute approximate surface area is 124 Å². The molecule has 2 aliphatic rings. The topological polar surface area (TPSA) is 72.2 Å². The predicted octanol–water partition coefficient (Wildman–Crippen LogP) is 2.70. The molecule has 110 valence electrons. The first-order valence-corrected chi connectivity index (χ1v) is 8.82. The van der Waals surface area contributed by atoms with Gasteiger partial charge in [0.2, 0.25) is 10.0 Å². The standard InChI is InChI=1S/C14H19ClN2O2S/c1-8-12(15)6-11(7-13(8)16)20(18,19)17-14(9-2-3-9)10-4-5-10/h6-7,9-10,14,17H,2-5,16H2,1H3. The molecule has 0 aliphatic heterocycles. The van der Waals surface area contributed by atoms with Crippen LogP contribution in [0.1, 0.15) is 31.2 Å². The van der Waals surface area contributed by atoms with Crippen molar-refractivity contribution in [1.82, 2.24) is 4.72 Å². The normalized spacial score (nSPS) is 19.6. The maximum atomic E-state index is 12.5. The SMILES string of the molecule is Cc1c(N)cc(S(=O)(=O)NC(C2CC2)C2CC2)cc1Cl. The molecule has 3 rings (SSSR count). The van der Waals surface area contributed by atoms with E-state index in [2.05, 4.69) is 4.72 Å². The third-order valence-corrected chi connectivity index (χ3v) is 6.05. The maximum Gasteiger partial charge on any atom is 0.240 e. The van der Waals surface area contributed by atoms with Crippen LogP contribution < -0.4 is 10.5 Å². The Hall–Kier alpha value is -0.780. The summed E-state index contributed by atoms with van der Waals surface area (Å²) in [5, 5.41) is 0.389. The van der Waals surface area contributed by atoms with Crippen molar-refractivity contribution in [3.8, 4) is 0 Å². The van der Waals surface area contributed by atoms with Crippen molar-refractivity contribution in [3.05, 3.63) is 22.7 Å². The molecular formula is C14H19ClN2O2S. The monoisotopic (exact) mass is 314 g/mol. The molecule has 1 aromatic rings. The van der Waals surface area contributed by atoms with Crippen molar-refractivity contribution in [2.45, 2.75) is 43.5 Å². The van der Waals surface area contributed by atoms with Crippen molar-refractivity contribution in [3.63, 3.8) is 0 Å². The number of anilines is 1. The number of nitrogens with one attached hydrogen (secondary N) is 1. The van der Waals surface area contributed by atoms with E-state index in [1.807, 2.05) is 0 Å². The van der Waals surface area contributed by atoms with Gasteiger partial charge in [-0.25, -0.2) is 13.1 Å². The van der Waals surface area contributed by atoms with E-state index in [1.165, 1.54) is 12.1 Å². The van der Waals surface area contributed by atoms with Gasteiger partial charge in [-0.2, -0.15) is 0 Å². The third kappa shape index (κ3) is 2.80. The number of hydrogen-bond donors (Lipinski definition) is 2. The number of halogens is 1. The smallest absolute Gasteiger partial charge is 0.240 e. The summed E-state index contributed by atoms with van der Waals surface area (Å²) < 4.78 is 27.9. The number of hydrogen-bond acceptors (Lipinski definition) is 3. The van der Waals surface area contributed by atoms with E-state index in [4.69, 9.17) is 17.3 Å². The van der Waals surface area contributed by atoms with Crippen molar-refractivity contribution >= 4 is 27.3 Å². The lowest BCUT2D eigenvalue weighted by Gasteiger charge is -2.18. The second-order valence-corrected chi connectivity index (χ2v) is 8.06. The maximum absolute atomic E-state index is 12.5. The van der Waals surface area contributed by atoms with Crippen LogP contribution in [0, 0.1) is 18.8 Å². The molecule has 2 aliphatic carbocycles. The molecule has 0 unspecified atom stereocenters. The molecule has 0 amide bonds. The molecule has 0 radical (unpaired) electrons. The lowest BCUT2D eigenvalue weighted by atomic mass is 10.1. The zero-order chi connectivity index (χ0) is 14.5. The van der Waals surface area contributed by atoms with Crippen LogP contribution in [0.25, 0.3) is 0 Å². The Kier molecular flexibility index (Phi) is 3.47. The first-order valence-electron chi connectivity index (χ1n) is 6.96. The fourth-order valence-electron chi connectivity index (χ4n) is 2.56. The summed E-state index contributed by atoms with van der Waals surface area (Å²) in [6.07, 6.45) is 4.50. The molecule has 0 atom stereocenters. The highest BCUT2D eigenvalue weighted by Crippen LogP contribution is 2.45. The minimum Gasteiger partial charge on any atom is -0.398 e. The summed E-state index contributed by atoms with van der Waals surface area (Å²) in [4.78, 5) is 0.164. The van der Waals surface area contributed by atoms with Gasteiger partial charge in [-0.1, -0.05) is 11.6 Å². The Morgan fingerprint density at radius 2 is 1.80 bits per heavy atom. The molecule has 20 heavy (non-hydrogen) atoms. The van der Waals surface area contributed by atoms with Gasteiger partial charge in [-0.3, -0.25) is 0 Å². The third-order valence-electron chi connectivity index (χ3n) is 4.22. The Morgan fingerprint density at radius 3 is 2.25 bits per heavy atom. The van der Waals surface area contributed by atoms with Crippen LogP contribution in [0.5, 0.6) is 0 Å². The van der Waals surface area contributed by atoms with Crippen LogP contribution in [0.4, 0.5) is 5.69 Å². The molecule has 0 saturated heterocycles. The average Bonchev–Trinajstić information content (AvgIpc) is 3.26. The Balaban J connectivity index is 1.87.